The summed E-state index contributed by atoms with van der Waals surface area (Å²) >= 11 is 0. The lowest BCUT2D eigenvalue weighted by atomic mass is 10.1. The van der Waals surface area contributed by atoms with Gasteiger partial charge in [-0.15, -0.1) is 0 Å². The van der Waals surface area contributed by atoms with Crippen molar-refractivity contribution in [2.75, 3.05) is 12.4 Å². The van der Waals surface area contributed by atoms with Gasteiger partial charge in [-0.1, -0.05) is 17.7 Å². The fraction of sp³-hybridized carbons (Fsp3) is 0.150. The standard InChI is InChI=1S/C20H19N5O/c1-13-4-9-18(14(2)10-13)25-20-17(11-23-25)19(21-12-22-20)24-15-5-7-16(26-3)8-6-15/h4-12H,1-3H3,(H,21,22,24). The zero-order valence-electron chi connectivity index (χ0n) is 14.9. The first-order valence-electron chi connectivity index (χ1n) is 8.33. The van der Waals surface area contributed by atoms with E-state index in [0.29, 0.717) is 0 Å². The van der Waals surface area contributed by atoms with Gasteiger partial charge in [0, 0.05) is 5.69 Å². The SMILES string of the molecule is COc1ccc(Nc2ncnc3c2cnn3-c2ccc(C)cc2C)cc1. The van der Waals surface area contributed by atoms with Gasteiger partial charge < -0.3 is 10.1 Å². The van der Waals surface area contributed by atoms with Crippen molar-refractivity contribution < 1.29 is 4.74 Å². The number of methoxy groups -OCH3 is 1. The zero-order valence-corrected chi connectivity index (χ0v) is 14.9. The first kappa shape index (κ1) is 16.1. The van der Waals surface area contributed by atoms with Gasteiger partial charge in [0.2, 0.25) is 0 Å². The van der Waals surface area contributed by atoms with Crippen molar-refractivity contribution in [1.82, 2.24) is 19.7 Å². The third-order valence-corrected chi connectivity index (χ3v) is 4.30. The van der Waals surface area contributed by atoms with E-state index in [0.717, 1.165) is 39.5 Å². The van der Waals surface area contributed by atoms with Gasteiger partial charge in [-0.2, -0.15) is 5.10 Å². The second-order valence-electron chi connectivity index (χ2n) is 6.16. The molecule has 4 rings (SSSR count). The number of nitrogens with one attached hydrogen (secondary N) is 1. The first-order valence-corrected chi connectivity index (χ1v) is 8.33. The molecule has 26 heavy (non-hydrogen) atoms. The molecule has 6 nitrogen and oxygen atoms in total. The third kappa shape index (κ3) is 2.86. The molecule has 0 saturated heterocycles. The van der Waals surface area contributed by atoms with Gasteiger partial charge in [0.25, 0.3) is 0 Å². The average Bonchev–Trinajstić information content (AvgIpc) is 3.07. The Kier molecular flexibility index (Phi) is 4.01. The van der Waals surface area contributed by atoms with Crippen LogP contribution in [0.15, 0.2) is 55.0 Å². The number of benzene rings is 2. The third-order valence-electron chi connectivity index (χ3n) is 4.30. The van der Waals surface area contributed by atoms with Gasteiger partial charge in [0.05, 0.1) is 24.4 Å². The predicted molar refractivity (Wildman–Crippen MR) is 102 cm³/mol. The van der Waals surface area contributed by atoms with Crippen molar-refractivity contribution >= 4 is 22.5 Å². The maximum Gasteiger partial charge on any atom is 0.168 e. The topological polar surface area (TPSA) is 64.9 Å². The molecule has 0 fully saturated rings. The Bertz CT molecular complexity index is 1070. The van der Waals surface area contributed by atoms with Crippen LogP contribution in [0.1, 0.15) is 11.1 Å². The Balaban J connectivity index is 1.75. The Morgan fingerprint density at radius 1 is 1.00 bits per heavy atom. The summed E-state index contributed by atoms with van der Waals surface area (Å²) in [4.78, 5) is 8.82. The highest BCUT2D eigenvalue weighted by Crippen LogP contribution is 2.26. The van der Waals surface area contributed by atoms with Crippen LogP contribution in [-0.4, -0.2) is 26.9 Å². The molecule has 6 heteroatoms. The fourth-order valence-electron chi connectivity index (χ4n) is 2.97. The van der Waals surface area contributed by atoms with E-state index in [2.05, 4.69) is 52.4 Å². The van der Waals surface area contributed by atoms with Crippen LogP contribution >= 0.6 is 0 Å². The summed E-state index contributed by atoms with van der Waals surface area (Å²) in [5.41, 5.74) is 5.07. The maximum atomic E-state index is 5.19. The highest BCUT2D eigenvalue weighted by Gasteiger charge is 2.12. The van der Waals surface area contributed by atoms with Crippen LogP contribution in [0.4, 0.5) is 11.5 Å². The number of nitrogens with zero attached hydrogens (tertiary/aromatic N) is 4. The van der Waals surface area contributed by atoms with Crippen LogP contribution in [0, 0.1) is 13.8 Å². The van der Waals surface area contributed by atoms with Crippen molar-refractivity contribution in [3.8, 4) is 11.4 Å². The molecule has 0 unspecified atom stereocenters. The Labute approximate surface area is 151 Å². The van der Waals surface area contributed by atoms with E-state index >= 15 is 0 Å². The van der Waals surface area contributed by atoms with Crippen LogP contribution in [0.2, 0.25) is 0 Å². The fourth-order valence-corrected chi connectivity index (χ4v) is 2.97. The van der Waals surface area contributed by atoms with E-state index in [-0.39, 0.29) is 0 Å². The molecule has 0 bridgehead atoms. The summed E-state index contributed by atoms with van der Waals surface area (Å²) in [6.45, 7) is 4.16. The lowest BCUT2D eigenvalue weighted by Crippen LogP contribution is -2.01. The molecule has 0 aliphatic heterocycles. The zero-order chi connectivity index (χ0) is 18.1. The molecule has 0 radical (unpaired) electrons. The minimum absolute atomic E-state index is 0.719. The summed E-state index contributed by atoms with van der Waals surface area (Å²) in [5.74, 6) is 1.53. The molecule has 0 aliphatic carbocycles. The minimum Gasteiger partial charge on any atom is -0.497 e. The summed E-state index contributed by atoms with van der Waals surface area (Å²) in [5, 5.41) is 8.73. The smallest absolute Gasteiger partial charge is 0.168 e. The normalized spacial score (nSPS) is 10.9. The summed E-state index contributed by atoms with van der Waals surface area (Å²) < 4.78 is 7.05. The molecule has 0 saturated carbocycles. The number of aromatic nitrogens is 4. The van der Waals surface area contributed by atoms with Crippen LogP contribution in [0.25, 0.3) is 16.7 Å². The van der Waals surface area contributed by atoms with Crippen molar-refractivity contribution in [3.05, 3.63) is 66.1 Å². The predicted octanol–water partition coefficient (Wildman–Crippen LogP) is 4.18. The second kappa shape index (κ2) is 6.48. The highest BCUT2D eigenvalue weighted by molar-refractivity contribution is 5.89. The van der Waals surface area contributed by atoms with Crippen molar-refractivity contribution in [1.29, 1.82) is 0 Å². The van der Waals surface area contributed by atoms with Gasteiger partial charge in [-0.3, -0.25) is 0 Å². The average molecular weight is 345 g/mol. The number of hydrogen-bond acceptors (Lipinski definition) is 5. The van der Waals surface area contributed by atoms with E-state index in [1.54, 1.807) is 19.6 Å². The summed E-state index contributed by atoms with van der Waals surface area (Å²) in [7, 11) is 1.65. The van der Waals surface area contributed by atoms with Gasteiger partial charge in [0.15, 0.2) is 5.65 Å². The molecule has 2 aromatic carbocycles. The lowest BCUT2D eigenvalue weighted by Gasteiger charge is -2.09. The van der Waals surface area contributed by atoms with Gasteiger partial charge >= 0.3 is 0 Å². The lowest BCUT2D eigenvalue weighted by molar-refractivity contribution is 0.415. The largest absolute Gasteiger partial charge is 0.497 e. The highest BCUT2D eigenvalue weighted by atomic mass is 16.5. The van der Waals surface area contributed by atoms with E-state index in [1.165, 1.54) is 5.56 Å². The van der Waals surface area contributed by atoms with Gasteiger partial charge in [0.1, 0.15) is 17.9 Å². The number of ether oxygens (including phenoxy) is 1. The van der Waals surface area contributed by atoms with E-state index in [4.69, 9.17) is 4.74 Å². The number of anilines is 2. The Morgan fingerprint density at radius 3 is 2.54 bits per heavy atom. The Hall–Kier alpha value is -3.41. The molecular formula is C20H19N5O. The van der Waals surface area contributed by atoms with Crippen molar-refractivity contribution in [2.24, 2.45) is 0 Å². The molecular weight excluding hydrogens is 326 g/mol. The van der Waals surface area contributed by atoms with Gasteiger partial charge in [-0.25, -0.2) is 14.6 Å². The molecule has 130 valence electrons. The van der Waals surface area contributed by atoms with Crippen molar-refractivity contribution in [2.45, 2.75) is 13.8 Å². The number of fused-ring (bicyclic) bond motifs is 1. The molecule has 2 heterocycles. The number of hydrogen-bond donors (Lipinski definition) is 1. The molecule has 4 aromatic rings. The quantitative estimate of drug-likeness (QED) is 0.601. The molecule has 0 aliphatic rings. The van der Waals surface area contributed by atoms with Crippen molar-refractivity contribution in [3.63, 3.8) is 0 Å². The number of aryl methyl sites for hydroxylation is 2. The Morgan fingerprint density at radius 2 is 1.81 bits per heavy atom. The summed E-state index contributed by atoms with van der Waals surface area (Å²) in [6, 6.07) is 14.0. The minimum atomic E-state index is 0.719. The van der Waals surface area contributed by atoms with Crippen LogP contribution in [-0.2, 0) is 0 Å². The molecule has 0 amide bonds. The van der Waals surface area contributed by atoms with Crippen LogP contribution < -0.4 is 10.1 Å². The second-order valence-corrected chi connectivity index (χ2v) is 6.16. The van der Waals surface area contributed by atoms with Crippen LogP contribution in [0.3, 0.4) is 0 Å². The molecule has 0 spiro atoms. The van der Waals surface area contributed by atoms with E-state index < -0.39 is 0 Å². The van der Waals surface area contributed by atoms with Gasteiger partial charge in [-0.05, 0) is 49.7 Å². The van der Waals surface area contributed by atoms with E-state index in [9.17, 15) is 0 Å². The summed E-state index contributed by atoms with van der Waals surface area (Å²) in [6.07, 6.45) is 3.34. The number of rotatable bonds is 4. The van der Waals surface area contributed by atoms with Crippen LogP contribution in [0.5, 0.6) is 5.75 Å². The molecule has 2 aromatic heterocycles. The van der Waals surface area contributed by atoms with E-state index in [1.807, 2.05) is 28.9 Å². The molecule has 0 atom stereocenters. The maximum absolute atomic E-state index is 5.19. The monoisotopic (exact) mass is 345 g/mol. The first-order chi connectivity index (χ1) is 12.7. The molecule has 1 N–H and O–H groups in total.